The molecule has 5 nitrogen and oxygen atoms in total. The largest absolute Gasteiger partial charge is 0.396 e. The Morgan fingerprint density at radius 1 is 1.42 bits per heavy atom. The van der Waals surface area contributed by atoms with Gasteiger partial charge in [-0.2, -0.15) is 0 Å². The number of amides is 2. The fourth-order valence-corrected chi connectivity index (χ4v) is 1.57. The zero-order valence-corrected chi connectivity index (χ0v) is 10.6. The van der Waals surface area contributed by atoms with Crippen LogP contribution in [0.3, 0.4) is 0 Å². The summed E-state index contributed by atoms with van der Waals surface area (Å²) < 4.78 is 13.2. The van der Waals surface area contributed by atoms with Gasteiger partial charge >= 0.3 is 0 Å². The van der Waals surface area contributed by atoms with Gasteiger partial charge in [0.05, 0.1) is 5.69 Å². The average Bonchev–Trinajstić information content (AvgIpc) is 3.16. The molecule has 1 aromatic rings. The Kier molecular flexibility index (Phi) is 3.69. The minimum Gasteiger partial charge on any atom is -0.396 e. The minimum atomic E-state index is -0.659. The van der Waals surface area contributed by atoms with E-state index in [0.717, 1.165) is 18.9 Å². The molecule has 19 heavy (non-hydrogen) atoms. The molecule has 1 aliphatic rings. The summed E-state index contributed by atoms with van der Waals surface area (Å²) in [4.78, 5) is 23.5. The van der Waals surface area contributed by atoms with E-state index in [1.165, 1.54) is 12.1 Å². The predicted octanol–water partition coefficient (Wildman–Crippen LogP) is 0.805. The van der Waals surface area contributed by atoms with Gasteiger partial charge in [0.25, 0.3) is 5.91 Å². The zero-order valence-electron chi connectivity index (χ0n) is 10.6. The van der Waals surface area contributed by atoms with Crippen molar-refractivity contribution in [1.29, 1.82) is 0 Å². The third-order valence-electron chi connectivity index (χ3n) is 2.93. The van der Waals surface area contributed by atoms with Crippen LogP contribution in [0.5, 0.6) is 0 Å². The number of hydrogen-bond acceptors (Lipinski definition) is 3. The Morgan fingerprint density at radius 2 is 2.11 bits per heavy atom. The quantitative estimate of drug-likeness (QED) is 0.704. The number of rotatable bonds is 4. The van der Waals surface area contributed by atoms with Gasteiger partial charge in [0, 0.05) is 11.6 Å². The van der Waals surface area contributed by atoms with Crippen molar-refractivity contribution in [3.8, 4) is 0 Å². The summed E-state index contributed by atoms with van der Waals surface area (Å²) in [7, 11) is 0. The molecule has 2 rings (SSSR count). The van der Waals surface area contributed by atoms with Gasteiger partial charge in [-0.3, -0.25) is 9.59 Å². The van der Waals surface area contributed by atoms with E-state index < -0.39 is 17.8 Å². The maximum absolute atomic E-state index is 13.2. The summed E-state index contributed by atoms with van der Waals surface area (Å²) in [5.41, 5.74) is 5.45. The second-order valence-electron chi connectivity index (χ2n) is 4.71. The highest BCUT2D eigenvalue weighted by Crippen LogP contribution is 2.18. The van der Waals surface area contributed by atoms with Gasteiger partial charge < -0.3 is 16.4 Å². The number of benzene rings is 1. The van der Waals surface area contributed by atoms with E-state index in [4.69, 9.17) is 5.73 Å². The van der Waals surface area contributed by atoms with Crippen molar-refractivity contribution in [2.45, 2.75) is 31.8 Å². The molecule has 2 amide bonds. The summed E-state index contributed by atoms with van der Waals surface area (Å²) in [6.07, 6.45) is 1.96. The molecule has 0 aliphatic heterocycles. The van der Waals surface area contributed by atoms with E-state index in [9.17, 15) is 14.0 Å². The number of carbonyl (C=O) groups is 2. The number of carbonyl (C=O) groups excluding carboxylic acids is 2. The van der Waals surface area contributed by atoms with Crippen molar-refractivity contribution in [1.82, 2.24) is 10.6 Å². The van der Waals surface area contributed by atoms with Gasteiger partial charge in [0.2, 0.25) is 5.91 Å². The fourth-order valence-electron chi connectivity index (χ4n) is 1.57. The Labute approximate surface area is 110 Å². The molecule has 0 heterocycles. The van der Waals surface area contributed by atoms with Crippen LogP contribution in [-0.2, 0) is 4.79 Å². The number of anilines is 1. The summed E-state index contributed by atoms with van der Waals surface area (Å²) in [6.45, 7) is 1.59. The van der Waals surface area contributed by atoms with Gasteiger partial charge in [-0.25, -0.2) is 4.39 Å². The smallest absolute Gasteiger partial charge is 0.252 e. The monoisotopic (exact) mass is 265 g/mol. The molecule has 1 fully saturated rings. The lowest BCUT2D eigenvalue weighted by molar-refractivity contribution is -0.122. The molecule has 6 heteroatoms. The Bertz CT molecular complexity index is 515. The van der Waals surface area contributed by atoms with Gasteiger partial charge in [-0.15, -0.1) is 0 Å². The molecule has 1 saturated carbocycles. The molecule has 1 aliphatic carbocycles. The third-order valence-corrected chi connectivity index (χ3v) is 2.93. The van der Waals surface area contributed by atoms with Crippen LogP contribution in [0.25, 0.3) is 0 Å². The highest BCUT2D eigenvalue weighted by Gasteiger charge is 2.26. The summed E-state index contributed by atoms with van der Waals surface area (Å²) in [5.74, 6) is -1.38. The zero-order chi connectivity index (χ0) is 14.0. The van der Waals surface area contributed by atoms with Crippen LogP contribution in [0.1, 0.15) is 30.1 Å². The van der Waals surface area contributed by atoms with E-state index in [-0.39, 0.29) is 23.2 Å². The first-order valence-corrected chi connectivity index (χ1v) is 6.13. The number of nitrogen functional groups attached to an aromatic ring is 1. The average molecular weight is 265 g/mol. The molecule has 0 saturated heterocycles. The van der Waals surface area contributed by atoms with Gasteiger partial charge in [-0.05, 0) is 38.0 Å². The standard InChI is InChI=1S/C13H16FN3O2/c1-7(12(18)17-9-3-4-9)16-13(19)8-2-5-11(15)10(14)6-8/h2,5-7,9H,3-4,15H2,1H3,(H,16,19)(H,17,18). The van der Waals surface area contributed by atoms with E-state index in [2.05, 4.69) is 10.6 Å². The molecule has 1 aromatic carbocycles. The van der Waals surface area contributed by atoms with Crippen LogP contribution in [0.15, 0.2) is 18.2 Å². The van der Waals surface area contributed by atoms with Crippen LogP contribution in [0.4, 0.5) is 10.1 Å². The Balaban J connectivity index is 1.95. The second kappa shape index (κ2) is 5.26. The van der Waals surface area contributed by atoms with Crippen molar-refractivity contribution in [3.05, 3.63) is 29.6 Å². The first-order chi connectivity index (χ1) is 8.97. The third kappa shape index (κ3) is 3.43. The number of halogens is 1. The van der Waals surface area contributed by atoms with Crippen molar-refractivity contribution >= 4 is 17.5 Å². The van der Waals surface area contributed by atoms with Gasteiger partial charge in [0.15, 0.2) is 0 Å². The van der Waals surface area contributed by atoms with Crippen LogP contribution < -0.4 is 16.4 Å². The van der Waals surface area contributed by atoms with Crippen molar-refractivity contribution in [3.63, 3.8) is 0 Å². The summed E-state index contributed by atoms with van der Waals surface area (Å²) >= 11 is 0. The normalized spacial score (nSPS) is 15.7. The molecule has 102 valence electrons. The molecular formula is C13H16FN3O2. The number of nitrogens with one attached hydrogen (secondary N) is 2. The summed E-state index contributed by atoms with van der Waals surface area (Å²) in [6, 6.07) is 3.36. The molecular weight excluding hydrogens is 249 g/mol. The fraction of sp³-hybridized carbons (Fsp3) is 0.385. The SMILES string of the molecule is CC(NC(=O)c1ccc(N)c(F)c1)C(=O)NC1CC1. The van der Waals surface area contributed by atoms with Crippen molar-refractivity contribution in [2.24, 2.45) is 0 Å². The van der Waals surface area contributed by atoms with E-state index in [1.807, 2.05) is 0 Å². The van der Waals surface area contributed by atoms with Gasteiger partial charge in [0.1, 0.15) is 11.9 Å². The lowest BCUT2D eigenvalue weighted by Gasteiger charge is -2.14. The lowest BCUT2D eigenvalue weighted by atomic mass is 10.1. The molecule has 0 radical (unpaired) electrons. The predicted molar refractivity (Wildman–Crippen MR) is 68.9 cm³/mol. The molecule has 0 bridgehead atoms. The minimum absolute atomic E-state index is 0.0175. The van der Waals surface area contributed by atoms with E-state index in [1.54, 1.807) is 6.92 Å². The van der Waals surface area contributed by atoms with Crippen LogP contribution >= 0.6 is 0 Å². The molecule has 0 spiro atoms. The van der Waals surface area contributed by atoms with E-state index in [0.29, 0.717) is 0 Å². The highest BCUT2D eigenvalue weighted by molar-refractivity contribution is 5.97. The second-order valence-corrected chi connectivity index (χ2v) is 4.71. The highest BCUT2D eigenvalue weighted by atomic mass is 19.1. The molecule has 1 atom stereocenters. The first-order valence-electron chi connectivity index (χ1n) is 6.13. The topological polar surface area (TPSA) is 84.2 Å². The lowest BCUT2D eigenvalue weighted by Crippen LogP contribution is -2.45. The Morgan fingerprint density at radius 3 is 2.68 bits per heavy atom. The number of hydrogen-bond donors (Lipinski definition) is 3. The van der Waals surface area contributed by atoms with Crippen LogP contribution in [0, 0.1) is 5.82 Å². The number of nitrogens with two attached hydrogens (primary N) is 1. The van der Waals surface area contributed by atoms with Gasteiger partial charge in [-0.1, -0.05) is 0 Å². The first kappa shape index (κ1) is 13.3. The maximum Gasteiger partial charge on any atom is 0.252 e. The van der Waals surface area contributed by atoms with Crippen LogP contribution in [0.2, 0.25) is 0 Å². The van der Waals surface area contributed by atoms with E-state index >= 15 is 0 Å². The molecule has 1 unspecified atom stereocenters. The van der Waals surface area contributed by atoms with Crippen molar-refractivity contribution in [2.75, 3.05) is 5.73 Å². The maximum atomic E-state index is 13.2. The summed E-state index contributed by atoms with van der Waals surface area (Å²) in [5, 5.41) is 5.30. The molecule has 0 aromatic heterocycles. The Hall–Kier alpha value is -2.11. The van der Waals surface area contributed by atoms with Crippen LogP contribution in [-0.4, -0.2) is 23.9 Å². The van der Waals surface area contributed by atoms with Crippen molar-refractivity contribution < 1.29 is 14.0 Å². The molecule has 4 N–H and O–H groups in total.